The van der Waals surface area contributed by atoms with Crippen molar-refractivity contribution < 1.29 is 8.42 Å². The van der Waals surface area contributed by atoms with E-state index in [4.69, 9.17) is 0 Å². The van der Waals surface area contributed by atoms with Crippen molar-refractivity contribution >= 4 is 26.8 Å². The first-order valence-corrected chi connectivity index (χ1v) is 10.4. The van der Waals surface area contributed by atoms with Crippen molar-refractivity contribution in [3.63, 3.8) is 0 Å². The zero-order chi connectivity index (χ0) is 17.4. The third-order valence-electron chi connectivity index (χ3n) is 4.83. The van der Waals surface area contributed by atoms with Gasteiger partial charge in [0.25, 0.3) is 0 Å². The summed E-state index contributed by atoms with van der Waals surface area (Å²) in [6.45, 7) is 1.88. The Labute approximate surface area is 146 Å². The first-order chi connectivity index (χ1) is 12.1. The van der Waals surface area contributed by atoms with Gasteiger partial charge in [-0.15, -0.1) is 10.2 Å². The molecular formula is C16H22N6O2S. The molecular weight excluding hydrogens is 340 g/mol. The Kier molecular flexibility index (Phi) is 4.20. The fraction of sp³-hybridized carbons (Fsp3) is 0.562. The lowest BCUT2D eigenvalue weighted by atomic mass is 9.85. The number of H-pyrrole nitrogens is 1. The molecule has 0 saturated heterocycles. The first-order valence-electron chi connectivity index (χ1n) is 8.74. The molecule has 1 aliphatic rings. The van der Waals surface area contributed by atoms with E-state index in [1.807, 2.05) is 23.6 Å². The van der Waals surface area contributed by atoms with Gasteiger partial charge in [0, 0.05) is 18.2 Å². The van der Waals surface area contributed by atoms with E-state index in [0.717, 1.165) is 48.3 Å². The minimum atomic E-state index is -3.20. The topological polar surface area (TPSA) is 105 Å². The minimum Gasteiger partial charge on any atom is -0.345 e. The van der Waals surface area contributed by atoms with Crippen molar-refractivity contribution in [2.45, 2.75) is 51.0 Å². The fourth-order valence-corrected chi connectivity index (χ4v) is 5.15. The first kappa shape index (κ1) is 16.5. The van der Waals surface area contributed by atoms with E-state index in [0.29, 0.717) is 6.42 Å². The lowest BCUT2D eigenvalue weighted by Crippen LogP contribution is -2.39. The van der Waals surface area contributed by atoms with Gasteiger partial charge in [-0.05, 0) is 31.7 Å². The van der Waals surface area contributed by atoms with Gasteiger partial charge in [-0.2, -0.15) is 0 Å². The molecule has 0 aromatic carbocycles. The van der Waals surface area contributed by atoms with Gasteiger partial charge in [0.1, 0.15) is 5.82 Å². The molecule has 0 aliphatic heterocycles. The van der Waals surface area contributed by atoms with E-state index in [1.54, 1.807) is 6.20 Å². The van der Waals surface area contributed by atoms with E-state index in [-0.39, 0.29) is 17.7 Å². The second kappa shape index (κ2) is 6.38. The van der Waals surface area contributed by atoms with Gasteiger partial charge in [0.15, 0.2) is 11.3 Å². The number of nitrogens with zero attached hydrogens (tertiary/aromatic N) is 4. The van der Waals surface area contributed by atoms with E-state index in [9.17, 15) is 8.42 Å². The summed E-state index contributed by atoms with van der Waals surface area (Å²) < 4.78 is 29.1. The molecule has 0 unspecified atom stereocenters. The van der Waals surface area contributed by atoms with Gasteiger partial charge in [0.05, 0.1) is 17.5 Å². The molecule has 1 saturated carbocycles. The maximum absolute atomic E-state index is 12.1. The Hall–Kier alpha value is -2.00. The molecule has 2 atom stereocenters. The number of hydrogen-bond donors (Lipinski definition) is 2. The van der Waals surface area contributed by atoms with E-state index < -0.39 is 10.0 Å². The molecule has 1 fully saturated rings. The van der Waals surface area contributed by atoms with Crippen LogP contribution in [0.25, 0.3) is 16.8 Å². The zero-order valence-corrected chi connectivity index (χ0v) is 15.0. The summed E-state index contributed by atoms with van der Waals surface area (Å²) in [5.74, 6) is 1.25. The summed E-state index contributed by atoms with van der Waals surface area (Å²) >= 11 is 0. The fourth-order valence-electron chi connectivity index (χ4n) is 3.78. The standard InChI is InChI=1S/C16H22N6O2S/c1-2-8-25(23,24)21-12-5-3-4-11(9-12)16-20-19-14-10-18-15-13(22(14)16)6-7-17-15/h6-7,10-12,17,21H,2-5,8-9H2,1H3/t11-,12+/m1/s1. The van der Waals surface area contributed by atoms with Crippen LogP contribution in [-0.4, -0.2) is 44.8 Å². The molecule has 8 nitrogen and oxygen atoms in total. The molecule has 0 radical (unpaired) electrons. The summed E-state index contributed by atoms with van der Waals surface area (Å²) in [5, 5.41) is 8.65. The summed E-state index contributed by atoms with van der Waals surface area (Å²) in [4.78, 5) is 7.45. The van der Waals surface area contributed by atoms with Crippen molar-refractivity contribution in [1.82, 2.24) is 29.3 Å². The third kappa shape index (κ3) is 3.13. The molecule has 0 bridgehead atoms. The van der Waals surface area contributed by atoms with Gasteiger partial charge in [-0.1, -0.05) is 13.3 Å². The molecule has 0 amide bonds. The van der Waals surface area contributed by atoms with Crippen LogP contribution in [0.4, 0.5) is 0 Å². The van der Waals surface area contributed by atoms with Crippen LogP contribution in [-0.2, 0) is 10.0 Å². The average Bonchev–Trinajstić information content (AvgIpc) is 3.20. The van der Waals surface area contributed by atoms with Crippen molar-refractivity contribution in [2.75, 3.05) is 5.75 Å². The van der Waals surface area contributed by atoms with Crippen molar-refractivity contribution in [1.29, 1.82) is 0 Å². The SMILES string of the molecule is CCCS(=O)(=O)N[C@H]1CCC[C@@H](c2nnc3cnc4[nH]ccc4n23)C1. The lowest BCUT2D eigenvalue weighted by molar-refractivity contribution is 0.361. The van der Waals surface area contributed by atoms with Crippen molar-refractivity contribution in [2.24, 2.45) is 0 Å². The van der Waals surface area contributed by atoms with Crippen molar-refractivity contribution in [3.05, 3.63) is 24.3 Å². The maximum atomic E-state index is 12.1. The average molecular weight is 362 g/mol. The highest BCUT2D eigenvalue weighted by atomic mass is 32.2. The predicted octanol–water partition coefficient (Wildman–Crippen LogP) is 1.96. The number of hydrogen-bond acceptors (Lipinski definition) is 5. The quantitative estimate of drug-likeness (QED) is 0.722. The molecule has 3 aromatic heterocycles. The van der Waals surface area contributed by atoms with Crippen LogP contribution in [0.1, 0.15) is 50.8 Å². The Balaban J connectivity index is 1.63. The van der Waals surface area contributed by atoms with Gasteiger partial charge in [-0.25, -0.2) is 18.1 Å². The molecule has 134 valence electrons. The Morgan fingerprint density at radius 2 is 2.24 bits per heavy atom. The van der Waals surface area contributed by atoms with Crippen LogP contribution < -0.4 is 4.72 Å². The van der Waals surface area contributed by atoms with Crippen LogP contribution in [0, 0.1) is 0 Å². The van der Waals surface area contributed by atoms with E-state index >= 15 is 0 Å². The molecule has 0 spiro atoms. The Bertz CT molecular complexity index is 993. The Morgan fingerprint density at radius 3 is 3.08 bits per heavy atom. The largest absolute Gasteiger partial charge is 0.345 e. The molecule has 4 rings (SSSR count). The summed E-state index contributed by atoms with van der Waals surface area (Å²) in [7, 11) is -3.20. The normalized spacial score (nSPS) is 22.0. The second-order valence-electron chi connectivity index (χ2n) is 6.72. The lowest BCUT2D eigenvalue weighted by Gasteiger charge is -2.28. The number of aromatic amines is 1. The van der Waals surface area contributed by atoms with Crippen LogP contribution in [0.3, 0.4) is 0 Å². The molecule has 3 aromatic rings. The zero-order valence-electron chi connectivity index (χ0n) is 14.1. The van der Waals surface area contributed by atoms with Gasteiger partial charge in [-0.3, -0.25) is 4.40 Å². The third-order valence-corrected chi connectivity index (χ3v) is 6.46. The molecule has 2 N–H and O–H groups in total. The summed E-state index contributed by atoms with van der Waals surface area (Å²) in [6, 6.07) is 1.93. The van der Waals surface area contributed by atoms with Crippen LogP contribution in [0.5, 0.6) is 0 Å². The monoisotopic (exact) mass is 362 g/mol. The van der Waals surface area contributed by atoms with Crippen molar-refractivity contribution in [3.8, 4) is 0 Å². The molecule has 1 aliphatic carbocycles. The molecule has 25 heavy (non-hydrogen) atoms. The van der Waals surface area contributed by atoms with Gasteiger partial charge >= 0.3 is 0 Å². The van der Waals surface area contributed by atoms with Gasteiger partial charge < -0.3 is 4.98 Å². The highest BCUT2D eigenvalue weighted by Crippen LogP contribution is 2.33. The number of nitrogens with one attached hydrogen (secondary N) is 2. The second-order valence-corrected chi connectivity index (χ2v) is 8.59. The molecule has 3 heterocycles. The number of fused-ring (bicyclic) bond motifs is 3. The highest BCUT2D eigenvalue weighted by Gasteiger charge is 2.29. The summed E-state index contributed by atoms with van der Waals surface area (Å²) in [5.41, 5.74) is 2.46. The van der Waals surface area contributed by atoms with Crippen LogP contribution >= 0.6 is 0 Å². The van der Waals surface area contributed by atoms with Crippen LogP contribution in [0.2, 0.25) is 0 Å². The predicted molar refractivity (Wildman–Crippen MR) is 94.8 cm³/mol. The molecule has 9 heteroatoms. The smallest absolute Gasteiger partial charge is 0.211 e. The van der Waals surface area contributed by atoms with Crippen LogP contribution in [0.15, 0.2) is 18.5 Å². The highest BCUT2D eigenvalue weighted by molar-refractivity contribution is 7.89. The summed E-state index contributed by atoms with van der Waals surface area (Å²) in [6.07, 6.45) is 7.76. The number of aromatic nitrogens is 5. The minimum absolute atomic E-state index is 0.0359. The Morgan fingerprint density at radius 1 is 1.36 bits per heavy atom. The van der Waals surface area contributed by atoms with E-state index in [2.05, 4.69) is 24.9 Å². The van der Waals surface area contributed by atoms with Gasteiger partial charge in [0.2, 0.25) is 10.0 Å². The van der Waals surface area contributed by atoms with E-state index in [1.165, 1.54) is 0 Å². The number of rotatable bonds is 5. The maximum Gasteiger partial charge on any atom is 0.211 e. The number of sulfonamides is 1.